The molecule has 0 unspecified atom stereocenters. The summed E-state index contributed by atoms with van der Waals surface area (Å²) in [4.78, 5) is 43.8. The molecule has 12 heteroatoms. The second-order valence-electron chi connectivity index (χ2n) is 10.6. The van der Waals surface area contributed by atoms with Crippen molar-refractivity contribution in [2.75, 3.05) is 13.7 Å². The number of carbonyl (C=O) groups is 1. The summed E-state index contributed by atoms with van der Waals surface area (Å²) >= 11 is 7.56. The lowest BCUT2D eigenvalue weighted by Gasteiger charge is -2.26. The van der Waals surface area contributed by atoms with Gasteiger partial charge in [-0.05, 0) is 66.6 Å². The summed E-state index contributed by atoms with van der Waals surface area (Å²) in [6.07, 6.45) is 1.68. The summed E-state index contributed by atoms with van der Waals surface area (Å²) in [6.45, 7) is 1.99. The molecule has 242 valence electrons. The number of nitro benzene ring substituents is 1. The fourth-order valence-corrected chi connectivity index (χ4v) is 6.49. The molecule has 0 spiro atoms. The fraction of sp³-hybridized carbons (Fsp3) is 0.139. The molecule has 0 bridgehead atoms. The predicted octanol–water partition coefficient (Wildman–Crippen LogP) is 6.08. The van der Waals surface area contributed by atoms with Gasteiger partial charge in [-0.2, -0.15) is 0 Å². The van der Waals surface area contributed by atoms with E-state index in [2.05, 4.69) is 0 Å². The Labute approximate surface area is 283 Å². The minimum Gasteiger partial charge on any atom is -0.497 e. The molecule has 0 radical (unpaired) electrons. The zero-order valence-electron chi connectivity index (χ0n) is 25.8. The number of ether oxygens (including phenoxy) is 3. The Morgan fingerprint density at radius 3 is 2.44 bits per heavy atom. The highest BCUT2D eigenvalue weighted by atomic mass is 35.5. The first-order valence-electron chi connectivity index (χ1n) is 14.9. The lowest BCUT2D eigenvalue weighted by molar-refractivity contribution is -0.384. The van der Waals surface area contributed by atoms with Crippen molar-refractivity contribution in [1.82, 2.24) is 4.57 Å². The Morgan fingerprint density at radius 1 is 1.04 bits per heavy atom. The first-order chi connectivity index (χ1) is 23.3. The van der Waals surface area contributed by atoms with Gasteiger partial charge in [-0.25, -0.2) is 9.79 Å². The van der Waals surface area contributed by atoms with Crippen LogP contribution in [0.5, 0.6) is 11.5 Å². The van der Waals surface area contributed by atoms with Gasteiger partial charge >= 0.3 is 5.97 Å². The van der Waals surface area contributed by atoms with Crippen LogP contribution in [-0.2, 0) is 16.1 Å². The molecular formula is C36H28ClN3O7S. The van der Waals surface area contributed by atoms with Crippen molar-refractivity contribution in [2.24, 2.45) is 4.99 Å². The van der Waals surface area contributed by atoms with E-state index in [1.807, 2.05) is 42.5 Å². The zero-order chi connectivity index (χ0) is 33.8. The molecule has 2 heterocycles. The van der Waals surface area contributed by atoms with E-state index in [0.717, 1.165) is 5.56 Å². The van der Waals surface area contributed by atoms with Gasteiger partial charge in [0, 0.05) is 28.3 Å². The third kappa shape index (κ3) is 6.64. The lowest BCUT2D eigenvalue weighted by Crippen LogP contribution is -2.40. The van der Waals surface area contributed by atoms with Gasteiger partial charge in [0.05, 0.1) is 40.5 Å². The molecule has 1 aliphatic heterocycles. The highest BCUT2D eigenvalue weighted by molar-refractivity contribution is 7.07. The molecule has 1 aliphatic rings. The smallest absolute Gasteiger partial charge is 0.338 e. The molecule has 0 N–H and O–H groups in total. The van der Waals surface area contributed by atoms with E-state index in [1.54, 1.807) is 62.6 Å². The van der Waals surface area contributed by atoms with Crippen molar-refractivity contribution in [3.63, 3.8) is 0 Å². The van der Waals surface area contributed by atoms with Crippen molar-refractivity contribution in [3.05, 3.63) is 160 Å². The van der Waals surface area contributed by atoms with E-state index in [-0.39, 0.29) is 30.0 Å². The Bertz CT molecular complexity index is 2210. The van der Waals surface area contributed by atoms with Crippen LogP contribution < -0.4 is 24.4 Å². The van der Waals surface area contributed by atoms with Gasteiger partial charge in [0.2, 0.25) is 0 Å². The number of halogens is 1. The van der Waals surface area contributed by atoms with Crippen molar-refractivity contribution in [1.29, 1.82) is 0 Å². The molecule has 0 fully saturated rings. The number of thiazole rings is 1. The molecule has 5 aromatic rings. The molecule has 1 aromatic heterocycles. The van der Waals surface area contributed by atoms with Gasteiger partial charge in [-0.1, -0.05) is 65.4 Å². The molecule has 4 aromatic carbocycles. The van der Waals surface area contributed by atoms with Gasteiger partial charge in [-0.3, -0.25) is 19.5 Å². The van der Waals surface area contributed by atoms with Gasteiger partial charge in [0.25, 0.3) is 11.2 Å². The number of hydrogen-bond donors (Lipinski definition) is 0. The SMILES string of the molecule is CCOC(=O)C1=C(c2ccccc2)N=c2s/c(=C\c3cc(Cl)ccc3OCc3ccc([N+](=O)[O-])cc3)c(=O)n2[C@H]1c1ccc(OC)cc1. The lowest BCUT2D eigenvalue weighted by atomic mass is 9.93. The monoisotopic (exact) mass is 681 g/mol. The van der Waals surface area contributed by atoms with E-state index >= 15 is 0 Å². The van der Waals surface area contributed by atoms with Crippen molar-refractivity contribution in [2.45, 2.75) is 19.6 Å². The summed E-state index contributed by atoms with van der Waals surface area (Å²) in [5.74, 6) is 0.498. The van der Waals surface area contributed by atoms with E-state index in [0.29, 0.717) is 48.2 Å². The van der Waals surface area contributed by atoms with Crippen LogP contribution in [0.4, 0.5) is 5.69 Å². The Morgan fingerprint density at radius 2 is 1.77 bits per heavy atom. The van der Waals surface area contributed by atoms with Gasteiger partial charge in [0.15, 0.2) is 4.80 Å². The minimum atomic E-state index is -0.846. The molecule has 48 heavy (non-hydrogen) atoms. The molecule has 0 amide bonds. The molecule has 10 nitrogen and oxygen atoms in total. The van der Waals surface area contributed by atoms with Crippen LogP contribution in [0.2, 0.25) is 5.02 Å². The van der Waals surface area contributed by atoms with Crippen LogP contribution in [0.3, 0.4) is 0 Å². The van der Waals surface area contributed by atoms with Crippen LogP contribution in [0, 0.1) is 10.1 Å². The third-order valence-corrected chi connectivity index (χ3v) is 8.82. The quantitative estimate of drug-likeness (QED) is 0.0994. The number of nitro groups is 1. The predicted molar refractivity (Wildman–Crippen MR) is 183 cm³/mol. The third-order valence-electron chi connectivity index (χ3n) is 7.61. The molecule has 0 saturated heterocycles. The molecule has 6 rings (SSSR count). The number of aromatic nitrogens is 1. The number of esters is 1. The molecule has 0 saturated carbocycles. The average molecular weight is 682 g/mol. The number of benzene rings is 4. The summed E-state index contributed by atoms with van der Waals surface area (Å²) in [5, 5.41) is 11.5. The fourth-order valence-electron chi connectivity index (χ4n) is 5.32. The first-order valence-corrected chi connectivity index (χ1v) is 16.0. The Balaban J connectivity index is 1.50. The van der Waals surface area contributed by atoms with Crippen molar-refractivity contribution in [3.8, 4) is 11.5 Å². The van der Waals surface area contributed by atoms with Gasteiger partial charge in [-0.15, -0.1) is 0 Å². The van der Waals surface area contributed by atoms with Crippen LogP contribution in [0.25, 0.3) is 11.8 Å². The van der Waals surface area contributed by atoms with Crippen LogP contribution in [0.1, 0.15) is 35.2 Å². The zero-order valence-corrected chi connectivity index (χ0v) is 27.4. The highest BCUT2D eigenvalue weighted by Crippen LogP contribution is 2.36. The number of rotatable bonds is 10. The number of methoxy groups -OCH3 is 1. The van der Waals surface area contributed by atoms with Crippen LogP contribution in [0.15, 0.2) is 112 Å². The van der Waals surface area contributed by atoms with Crippen LogP contribution in [-0.4, -0.2) is 29.2 Å². The number of carbonyl (C=O) groups excluding carboxylic acids is 1. The van der Waals surface area contributed by atoms with E-state index in [4.69, 9.17) is 30.8 Å². The van der Waals surface area contributed by atoms with E-state index in [9.17, 15) is 19.7 Å². The maximum absolute atomic E-state index is 14.3. The van der Waals surface area contributed by atoms with E-state index < -0.39 is 16.9 Å². The standard InChI is InChI=1S/C36H28ClN3O7S/c1-3-46-35(42)31-32(23-7-5-4-6-8-23)38-36-39(33(31)24-11-16-28(45-2)17-12-24)34(41)30(48-36)20-25-19-26(37)13-18-29(25)47-21-22-9-14-27(15-10-22)40(43)44/h4-20,33H,3,21H2,1-2H3/b30-20-/t33-/m0/s1. The topological polar surface area (TPSA) is 122 Å². The van der Waals surface area contributed by atoms with Gasteiger partial charge < -0.3 is 14.2 Å². The number of fused-ring (bicyclic) bond motifs is 1. The van der Waals surface area contributed by atoms with Crippen molar-refractivity contribution >= 4 is 46.4 Å². The highest BCUT2D eigenvalue weighted by Gasteiger charge is 2.35. The normalized spacial score (nSPS) is 14.2. The second kappa shape index (κ2) is 14.1. The average Bonchev–Trinajstić information content (AvgIpc) is 3.41. The Hall–Kier alpha value is -5.52. The summed E-state index contributed by atoms with van der Waals surface area (Å²) < 4.78 is 18.8. The number of hydrogen-bond acceptors (Lipinski definition) is 9. The Kier molecular flexibility index (Phi) is 9.51. The minimum absolute atomic E-state index is 0.0178. The number of nitrogens with zero attached hydrogens (tertiary/aromatic N) is 3. The van der Waals surface area contributed by atoms with Crippen molar-refractivity contribution < 1.29 is 23.9 Å². The second-order valence-corrected chi connectivity index (χ2v) is 12.0. The summed E-state index contributed by atoms with van der Waals surface area (Å²) in [7, 11) is 1.56. The maximum Gasteiger partial charge on any atom is 0.338 e. The maximum atomic E-state index is 14.3. The molecular weight excluding hydrogens is 654 g/mol. The summed E-state index contributed by atoms with van der Waals surface area (Å²) in [5.41, 5.74) is 2.91. The van der Waals surface area contributed by atoms with Gasteiger partial charge in [0.1, 0.15) is 18.1 Å². The summed E-state index contributed by atoms with van der Waals surface area (Å²) in [6, 6.07) is 26.8. The first kappa shape index (κ1) is 32.4. The number of non-ortho nitro benzene ring substituents is 1. The molecule has 1 atom stereocenters. The molecule has 0 aliphatic carbocycles. The van der Waals surface area contributed by atoms with Crippen LogP contribution >= 0.6 is 22.9 Å². The van der Waals surface area contributed by atoms with E-state index in [1.165, 1.54) is 28.0 Å². The largest absolute Gasteiger partial charge is 0.497 e.